The number of hydrogen-bond donors (Lipinski definition) is 2. The molecule has 0 unspecified atom stereocenters. The molecular weight excluding hydrogens is 280 g/mol. The van der Waals surface area contributed by atoms with Crippen molar-refractivity contribution in [1.82, 2.24) is 10.3 Å². The first-order valence-corrected chi connectivity index (χ1v) is 6.03. The molecule has 2 rings (SSSR count). The number of carbonyl (C=O) groups is 1. The molecule has 0 bridgehead atoms. The maximum atomic E-state index is 13.7. The van der Waals surface area contributed by atoms with Gasteiger partial charge in [-0.3, -0.25) is 4.79 Å². The van der Waals surface area contributed by atoms with Crippen LogP contribution in [0.1, 0.15) is 15.9 Å². The van der Waals surface area contributed by atoms with E-state index < -0.39 is 23.1 Å². The first-order valence-electron chi connectivity index (χ1n) is 6.03. The monoisotopic (exact) mass is 293 g/mol. The van der Waals surface area contributed by atoms with E-state index in [1.165, 1.54) is 13.3 Å². The lowest BCUT2D eigenvalue weighted by Gasteiger charge is -2.09. The molecule has 0 saturated carbocycles. The second kappa shape index (κ2) is 6.17. The van der Waals surface area contributed by atoms with Crippen LogP contribution in [0.3, 0.4) is 0 Å². The number of nitrogens with two attached hydrogens (primary N) is 1. The summed E-state index contributed by atoms with van der Waals surface area (Å²) >= 11 is 0. The molecule has 0 radical (unpaired) electrons. The summed E-state index contributed by atoms with van der Waals surface area (Å²) in [5, 5.41) is 2.42. The first-order chi connectivity index (χ1) is 10.0. The van der Waals surface area contributed by atoms with E-state index in [9.17, 15) is 13.6 Å². The molecular formula is C14H13F2N3O2. The number of anilines is 1. The van der Waals surface area contributed by atoms with Gasteiger partial charge in [0.05, 0.1) is 12.8 Å². The summed E-state index contributed by atoms with van der Waals surface area (Å²) < 4.78 is 32.2. The summed E-state index contributed by atoms with van der Waals surface area (Å²) in [7, 11) is 1.46. The molecule has 0 aliphatic rings. The van der Waals surface area contributed by atoms with Crippen LogP contribution in [0.4, 0.5) is 14.5 Å². The molecule has 7 heteroatoms. The van der Waals surface area contributed by atoms with E-state index in [1.54, 1.807) is 12.1 Å². The number of benzene rings is 1. The van der Waals surface area contributed by atoms with Crippen molar-refractivity contribution >= 4 is 11.6 Å². The number of carbonyl (C=O) groups excluding carboxylic acids is 1. The summed E-state index contributed by atoms with van der Waals surface area (Å²) in [6, 6.07) is 5.26. The molecule has 2 aromatic rings. The summed E-state index contributed by atoms with van der Waals surface area (Å²) in [4.78, 5) is 15.8. The molecule has 0 aliphatic heterocycles. The molecule has 0 atom stereocenters. The highest BCUT2D eigenvalue weighted by molar-refractivity contribution is 5.95. The fourth-order valence-corrected chi connectivity index (χ4v) is 1.72. The Balaban J connectivity index is 2.14. The minimum atomic E-state index is -1.07. The van der Waals surface area contributed by atoms with Gasteiger partial charge in [-0.1, -0.05) is 0 Å². The number of methoxy groups -OCH3 is 1. The normalized spacial score (nSPS) is 10.2. The number of rotatable bonds is 4. The van der Waals surface area contributed by atoms with Crippen molar-refractivity contribution in [3.63, 3.8) is 0 Å². The Bertz CT molecular complexity index is 677. The quantitative estimate of drug-likeness (QED) is 0.844. The fourth-order valence-electron chi connectivity index (χ4n) is 1.72. The molecule has 0 saturated heterocycles. The summed E-state index contributed by atoms with van der Waals surface area (Å²) in [6.07, 6.45) is 1.50. The lowest BCUT2D eigenvalue weighted by atomic mass is 10.1. The summed E-state index contributed by atoms with van der Waals surface area (Å²) in [5.41, 5.74) is 5.02. The lowest BCUT2D eigenvalue weighted by Crippen LogP contribution is -2.25. The average molecular weight is 293 g/mol. The number of aromatic nitrogens is 1. The highest BCUT2D eigenvalue weighted by atomic mass is 19.1. The topological polar surface area (TPSA) is 77.2 Å². The van der Waals surface area contributed by atoms with Crippen molar-refractivity contribution in [3.8, 4) is 5.88 Å². The van der Waals surface area contributed by atoms with Crippen molar-refractivity contribution in [2.24, 2.45) is 0 Å². The average Bonchev–Trinajstić information content (AvgIpc) is 2.49. The second-order valence-corrected chi connectivity index (χ2v) is 4.21. The van der Waals surface area contributed by atoms with Gasteiger partial charge in [-0.05, 0) is 23.8 Å². The first kappa shape index (κ1) is 14.7. The van der Waals surface area contributed by atoms with Crippen molar-refractivity contribution in [1.29, 1.82) is 0 Å². The number of pyridine rings is 1. The minimum absolute atomic E-state index is 0.0748. The van der Waals surface area contributed by atoms with E-state index in [-0.39, 0.29) is 12.2 Å². The van der Waals surface area contributed by atoms with E-state index in [1.807, 2.05) is 0 Å². The Morgan fingerprint density at radius 3 is 2.86 bits per heavy atom. The molecule has 3 N–H and O–H groups in total. The van der Waals surface area contributed by atoms with Crippen LogP contribution in [-0.2, 0) is 6.54 Å². The molecule has 1 heterocycles. The molecule has 0 spiro atoms. The largest absolute Gasteiger partial charge is 0.481 e. The third-order valence-corrected chi connectivity index (χ3v) is 2.81. The van der Waals surface area contributed by atoms with Gasteiger partial charge in [0.2, 0.25) is 5.88 Å². The number of hydrogen-bond acceptors (Lipinski definition) is 4. The van der Waals surface area contributed by atoms with Gasteiger partial charge in [0, 0.05) is 18.8 Å². The van der Waals surface area contributed by atoms with Crippen LogP contribution >= 0.6 is 0 Å². The third kappa shape index (κ3) is 3.25. The molecule has 21 heavy (non-hydrogen) atoms. The maximum Gasteiger partial charge on any atom is 0.257 e. The number of halogens is 2. The Kier molecular flexibility index (Phi) is 4.32. The zero-order valence-corrected chi connectivity index (χ0v) is 11.2. The Morgan fingerprint density at radius 1 is 1.38 bits per heavy atom. The van der Waals surface area contributed by atoms with Gasteiger partial charge in [0.25, 0.3) is 5.91 Å². The van der Waals surface area contributed by atoms with Gasteiger partial charge in [0.1, 0.15) is 11.4 Å². The molecule has 0 aliphatic carbocycles. The lowest BCUT2D eigenvalue weighted by molar-refractivity contribution is 0.0942. The third-order valence-electron chi connectivity index (χ3n) is 2.81. The summed E-state index contributed by atoms with van der Waals surface area (Å²) in [5.74, 6) is -2.54. The number of nitrogen functional groups attached to an aromatic ring is 1. The van der Waals surface area contributed by atoms with E-state index in [0.29, 0.717) is 11.4 Å². The predicted octanol–water partition coefficient (Wildman–Crippen LogP) is 1.88. The molecule has 5 nitrogen and oxygen atoms in total. The van der Waals surface area contributed by atoms with E-state index in [4.69, 9.17) is 10.5 Å². The zero-order valence-electron chi connectivity index (χ0n) is 11.2. The van der Waals surface area contributed by atoms with Gasteiger partial charge < -0.3 is 15.8 Å². The van der Waals surface area contributed by atoms with Crippen molar-refractivity contribution in [3.05, 3.63) is 53.2 Å². The highest BCUT2D eigenvalue weighted by Crippen LogP contribution is 2.18. The van der Waals surface area contributed by atoms with Crippen LogP contribution in [0, 0.1) is 11.6 Å². The van der Waals surface area contributed by atoms with E-state index in [2.05, 4.69) is 10.3 Å². The number of nitrogens with zero attached hydrogens (tertiary/aromatic N) is 1. The second-order valence-electron chi connectivity index (χ2n) is 4.21. The standard InChI is InChI=1S/C14H13F2N3O2/c1-21-11-6-8(4-5-18-11)7-19-14(20)12-9(15)2-3-10(17)13(12)16/h2-6H,7,17H2,1H3,(H,19,20). The SMILES string of the molecule is COc1cc(CNC(=O)c2c(F)ccc(N)c2F)ccn1. The Morgan fingerprint density at radius 2 is 2.14 bits per heavy atom. The smallest absolute Gasteiger partial charge is 0.257 e. The number of nitrogens with one attached hydrogen (secondary N) is 1. The molecule has 1 amide bonds. The Labute approximate surface area is 119 Å². The number of amides is 1. The maximum absolute atomic E-state index is 13.7. The Hall–Kier alpha value is -2.70. The van der Waals surface area contributed by atoms with Crippen molar-refractivity contribution < 1.29 is 18.3 Å². The van der Waals surface area contributed by atoms with Crippen LogP contribution in [0.5, 0.6) is 5.88 Å². The van der Waals surface area contributed by atoms with Crippen LogP contribution in [0.2, 0.25) is 0 Å². The van der Waals surface area contributed by atoms with Crippen molar-refractivity contribution in [2.45, 2.75) is 6.54 Å². The number of ether oxygens (including phenoxy) is 1. The van der Waals surface area contributed by atoms with E-state index >= 15 is 0 Å². The molecule has 0 fully saturated rings. The van der Waals surface area contributed by atoms with Crippen LogP contribution in [0.25, 0.3) is 0 Å². The van der Waals surface area contributed by atoms with Gasteiger partial charge in [-0.2, -0.15) is 0 Å². The van der Waals surface area contributed by atoms with Gasteiger partial charge in [-0.15, -0.1) is 0 Å². The van der Waals surface area contributed by atoms with Crippen LogP contribution < -0.4 is 15.8 Å². The molecule has 1 aromatic heterocycles. The van der Waals surface area contributed by atoms with Gasteiger partial charge in [0.15, 0.2) is 5.82 Å². The molecule has 110 valence electrons. The minimum Gasteiger partial charge on any atom is -0.481 e. The molecule has 1 aromatic carbocycles. The fraction of sp³-hybridized carbons (Fsp3) is 0.143. The van der Waals surface area contributed by atoms with Crippen LogP contribution in [0.15, 0.2) is 30.5 Å². The van der Waals surface area contributed by atoms with Crippen LogP contribution in [-0.4, -0.2) is 18.0 Å². The predicted molar refractivity (Wildman–Crippen MR) is 72.7 cm³/mol. The van der Waals surface area contributed by atoms with Crippen molar-refractivity contribution in [2.75, 3.05) is 12.8 Å². The van der Waals surface area contributed by atoms with Gasteiger partial charge >= 0.3 is 0 Å². The van der Waals surface area contributed by atoms with E-state index in [0.717, 1.165) is 12.1 Å². The van der Waals surface area contributed by atoms with Gasteiger partial charge in [-0.25, -0.2) is 13.8 Å². The highest BCUT2D eigenvalue weighted by Gasteiger charge is 2.19. The summed E-state index contributed by atoms with van der Waals surface area (Å²) in [6.45, 7) is 0.0748. The zero-order chi connectivity index (χ0) is 15.4.